The Labute approximate surface area is 798 Å². The first-order valence-electron chi connectivity index (χ1n) is 40.2. The lowest BCUT2D eigenvalue weighted by molar-refractivity contribution is -0.119. The molecular formula is C78H86N26O28S8-2. The molecule has 0 radical (unpaired) electrons. The fourth-order valence-corrected chi connectivity index (χ4v) is 21.6. The van der Waals surface area contributed by atoms with Gasteiger partial charge in [0, 0.05) is 160 Å². The number of hydrogen-bond donors (Lipinski definition) is 18. The Morgan fingerprint density at radius 2 is 0.429 bits per heavy atom. The molecule has 0 fully saturated rings. The number of anilines is 16. The third-order valence-electron chi connectivity index (χ3n) is 19.4. The van der Waals surface area contributed by atoms with E-state index in [0.29, 0.717) is 12.1 Å². The van der Waals surface area contributed by atoms with Crippen LogP contribution in [0.2, 0.25) is 0 Å². The molecule has 8 aromatic carbocycles. The van der Waals surface area contributed by atoms with Gasteiger partial charge in [0.15, 0.2) is 0 Å². The maximum absolute atomic E-state index is 14.1. The van der Waals surface area contributed by atoms with Crippen molar-refractivity contribution in [3.63, 3.8) is 0 Å². The van der Waals surface area contributed by atoms with Crippen molar-refractivity contribution in [2.75, 3.05) is 94.9 Å². The van der Waals surface area contributed by atoms with Crippen LogP contribution < -0.4 is 88.4 Å². The summed E-state index contributed by atoms with van der Waals surface area (Å²) in [6.07, 6.45) is -3.74. The summed E-state index contributed by atoms with van der Waals surface area (Å²) in [5.41, 5.74) is 38.0. The van der Waals surface area contributed by atoms with Gasteiger partial charge in [0.1, 0.15) is 30.0 Å². The molecule has 2 heterocycles. The molecule has 0 aliphatic carbocycles. The summed E-state index contributed by atoms with van der Waals surface area (Å²) in [6, 6.07) is 29.9. The number of nitrogens with zero attached hydrogens (tertiary/aromatic N) is 10. The molecule has 0 saturated heterocycles. The molecule has 746 valence electrons. The molecule has 0 spiro atoms. The van der Waals surface area contributed by atoms with Crippen LogP contribution in [0.25, 0.3) is 11.1 Å². The van der Waals surface area contributed by atoms with Crippen molar-refractivity contribution in [2.45, 2.75) is 90.5 Å². The highest BCUT2D eigenvalue weighted by molar-refractivity contribution is 7.90. The second-order valence-corrected chi connectivity index (χ2v) is 43.0. The topological polar surface area (TPSA) is 891 Å². The number of benzene rings is 8. The summed E-state index contributed by atoms with van der Waals surface area (Å²) in [5.74, 6) is -10.00. The van der Waals surface area contributed by atoms with Crippen molar-refractivity contribution in [2.24, 2.45) is 45.9 Å². The smallest absolute Gasteiger partial charge is 0.295 e. The molecule has 10 aromatic rings. The average molecular weight is 2090 g/mol. The summed E-state index contributed by atoms with van der Waals surface area (Å²) in [6.45, 7) is -3.80. The van der Waals surface area contributed by atoms with Crippen LogP contribution in [-0.2, 0) is 119 Å². The fourth-order valence-electron chi connectivity index (χ4n) is 12.9. The van der Waals surface area contributed by atoms with Gasteiger partial charge in [-0.15, -0.1) is 0 Å². The lowest BCUT2D eigenvalue weighted by Gasteiger charge is -2.21. The standard InChI is InChI=1S/C78H88N26O28S8/c79-65(105)21-29-101(30-22-66(80)106)133(113,114)53-9-1-5-45(37-53)89-73-95-74(90-46-6-2-10-54(38-46)134(115,116)102(31-23-67(81)107)32-24-68(82)108)98-77(97-73)93-51-15-19-59(63(43-51)139(127,128)129)87-49-13-17-57(61(41-49)137(121,122)123)58-18-14-50(42-62(58)138(124,125)126)88-60-20-16-52(44-64(60)140(130,131)132)94-78-99-75(91-47-7-3-11-55(39-47)135(117,118)103(33-25-69(83)109)34-26-70(84)110)96-76(100-78)92-48-8-4-12-56(40-48)136(119,120)104(35-27-71(85)111)36-28-72(86)112/h1-20,37-44,87-88H,21-36H2,(H2,79,105)(H2,80,106)(H2,81,107)(H2,82,108)(H2,83,109)(H2,84,110)(H2,85,111)(H2,86,112)(H,121,122,123)(H,124,125,126)(H,127,128,129)(H,130,131,132)(H3,89,90,93,95,97,98)(H3,91,92,94,96,99,100)/p-2. The fraction of sp³-hybridized carbons (Fsp3) is 0.205. The highest BCUT2D eigenvalue weighted by Gasteiger charge is 2.33. The Kier molecular flexibility index (Phi) is 34.3. The van der Waals surface area contributed by atoms with Crippen LogP contribution in [0.4, 0.5) is 92.6 Å². The van der Waals surface area contributed by atoms with Gasteiger partial charge in [-0.25, -0.2) is 50.5 Å². The monoisotopic (exact) mass is 2090 g/mol. The first-order chi connectivity index (χ1) is 65.4. The van der Waals surface area contributed by atoms with Gasteiger partial charge < -0.3 is 97.5 Å². The van der Waals surface area contributed by atoms with Gasteiger partial charge in [-0.2, -0.15) is 64.0 Å². The minimum absolute atomic E-state index is 0.0766. The van der Waals surface area contributed by atoms with Crippen LogP contribution in [0.15, 0.2) is 209 Å². The molecule has 0 saturated carbocycles. The molecule has 62 heteroatoms. The summed E-state index contributed by atoms with van der Waals surface area (Å²) >= 11 is 0. The van der Waals surface area contributed by atoms with Gasteiger partial charge in [0.2, 0.25) is 123 Å². The highest BCUT2D eigenvalue weighted by atomic mass is 32.2. The number of sulfonamides is 4. The minimum Gasteiger partial charge on any atom is -0.744 e. The molecule has 0 aliphatic rings. The van der Waals surface area contributed by atoms with Gasteiger partial charge in [-0.1, -0.05) is 36.4 Å². The number of hydrogen-bond acceptors (Lipinski definition) is 40. The quantitative estimate of drug-likeness (QED) is 0.0236. The van der Waals surface area contributed by atoms with Crippen molar-refractivity contribution in [3.8, 4) is 11.1 Å². The summed E-state index contributed by atoms with van der Waals surface area (Å²) in [7, 11) is -40.8. The largest absolute Gasteiger partial charge is 0.744 e. The Balaban J connectivity index is 0.965. The molecule has 2 aromatic heterocycles. The summed E-state index contributed by atoms with van der Waals surface area (Å²) in [4.78, 5) is 114. The van der Waals surface area contributed by atoms with E-state index < -0.39 is 340 Å². The third-order valence-corrected chi connectivity index (χ3v) is 30.5. The average Bonchev–Trinajstić information content (AvgIpc) is 0.749. The van der Waals surface area contributed by atoms with E-state index in [9.17, 15) is 124 Å². The van der Waals surface area contributed by atoms with Crippen LogP contribution >= 0.6 is 0 Å². The molecule has 140 heavy (non-hydrogen) atoms. The van der Waals surface area contributed by atoms with Crippen molar-refractivity contribution in [1.82, 2.24) is 47.1 Å². The molecule has 26 N–H and O–H groups in total. The van der Waals surface area contributed by atoms with Crippen molar-refractivity contribution in [1.29, 1.82) is 0 Å². The maximum Gasteiger partial charge on any atom is 0.295 e. The lowest BCUT2D eigenvalue weighted by Crippen LogP contribution is -2.36. The number of rotatable bonds is 53. The molecule has 0 aliphatic heterocycles. The molecule has 8 amide bonds. The van der Waals surface area contributed by atoms with Gasteiger partial charge in [-0.3, -0.25) is 47.5 Å². The van der Waals surface area contributed by atoms with Crippen LogP contribution in [0.3, 0.4) is 0 Å². The number of primary amides is 8. The first kappa shape index (κ1) is 107. The lowest BCUT2D eigenvalue weighted by atomic mass is 10.0. The minimum atomic E-state index is -5.67. The van der Waals surface area contributed by atoms with Gasteiger partial charge in [0.05, 0.1) is 40.7 Å². The summed E-state index contributed by atoms with van der Waals surface area (Å²) in [5, 5.41) is 21.6. The Bertz CT molecular complexity index is 6750. The number of carbonyl (C=O) groups is 8. The van der Waals surface area contributed by atoms with Crippen molar-refractivity contribution >= 4 is 220 Å². The van der Waals surface area contributed by atoms with E-state index in [4.69, 9.17) is 45.9 Å². The number of amides is 8. The molecule has 0 bridgehead atoms. The molecule has 0 atom stereocenters. The van der Waals surface area contributed by atoms with E-state index in [2.05, 4.69) is 72.4 Å². The zero-order chi connectivity index (χ0) is 103. The van der Waals surface area contributed by atoms with Crippen LogP contribution in [0.1, 0.15) is 51.4 Å². The molecule has 54 nitrogen and oxygen atoms in total. The molecular weight excluding hydrogens is 2010 g/mol. The van der Waals surface area contributed by atoms with E-state index >= 15 is 0 Å². The van der Waals surface area contributed by atoms with Crippen LogP contribution in [0.5, 0.6) is 0 Å². The molecule has 10 rings (SSSR count). The second-order valence-electron chi connectivity index (χ2n) is 29.8. The van der Waals surface area contributed by atoms with E-state index in [1.54, 1.807) is 0 Å². The number of nitrogens with one attached hydrogen (secondary N) is 8. The normalized spacial score (nSPS) is 12.2. The van der Waals surface area contributed by atoms with Crippen LogP contribution in [-0.4, -0.2) is 232 Å². The number of nitrogens with two attached hydrogens (primary N) is 8. The Morgan fingerprint density at radius 3 is 0.614 bits per heavy atom. The second kappa shape index (κ2) is 44.8. The zero-order valence-corrected chi connectivity index (χ0v) is 78.9. The van der Waals surface area contributed by atoms with Gasteiger partial charge in [0.25, 0.3) is 20.2 Å². The Hall–Kier alpha value is -14.8. The summed E-state index contributed by atoms with van der Waals surface area (Å²) < 4.78 is 271. The predicted molar refractivity (Wildman–Crippen MR) is 498 cm³/mol. The van der Waals surface area contributed by atoms with Crippen molar-refractivity contribution < 1.29 is 124 Å². The van der Waals surface area contributed by atoms with E-state index in [-0.39, 0.29) is 34.1 Å². The van der Waals surface area contributed by atoms with E-state index in [0.717, 1.165) is 126 Å². The zero-order valence-electron chi connectivity index (χ0n) is 72.3. The number of aromatic nitrogens is 6. The van der Waals surface area contributed by atoms with Crippen LogP contribution in [0, 0.1) is 0 Å². The maximum atomic E-state index is 14.1. The third kappa shape index (κ3) is 29.6. The van der Waals surface area contributed by atoms with Gasteiger partial charge >= 0.3 is 0 Å². The van der Waals surface area contributed by atoms with E-state index in [1.807, 2.05) is 0 Å². The number of carbonyl (C=O) groups excluding carboxylic acids is 8. The SMILES string of the molecule is NC(=O)CCN(CCC(N)=O)S(=O)(=O)c1cccc(Nc2nc(Nc3cccc(S(=O)(=O)N(CCC(N)=O)CCC(N)=O)c3)nc(Nc3ccc(Nc4ccc(-c5ccc(Nc6ccc(Nc7nc(Nc8cccc(S(=O)(=O)N(CCC(N)=O)CCC(N)=O)c8)nc(Nc8cccc(S(=O)(=O)N(CCC(N)=O)CCC(N)=O)c8)n7)cc6S(=O)(=O)[O-])cc5S(=O)(=O)O)c(S(=O)(=O)O)c4)c(S(=O)(=O)[O-])c3)n2)c1. The Morgan fingerprint density at radius 1 is 0.250 bits per heavy atom. The van der Waals surface area contributed by atoms with Gasteiger partial charge in [-0.05, 0) is 133 Å². The van der Waals surface area contributed by atoms with Crippen molar-refractivity contribution in [3.05, 3.63) is 170 Å². The highest BCUT2D eigenvalue weighted by Crippen LogP contribution is 2.40. The predicted octanol–water partition coefficient (Wildman–Crippen LogP) is 0.940. The molecule has 0 unspecified atom stereocenters. The first-order valence-corrected chi connectivity index (χ1v) is 51.7. The van der Waals surface area contributed by atoms with E-state index in [1.165, 1.54) is 48.5 Å².